The summed E-state index contributed by atoms with van der Waals surface area (Å²) in [7, 11) is 1.59. The van der Waals surface area contributed by atoms with Crippen LogP contribution in [-0.4, -0.2) is 41.3 Å². The minimum atomic E-state index is -0.453. The van der Waals surface area contributed by atoms with Crippen molar-refractivity contribution in [1.82, 2.24) is 15.1 Å². The number of amides is 1. The molecule has 0 unspecified atom stereocenters. The molecule has 1 saturated heterocycles. The molecule has 2 aromatic rings. The Bertz CT molecular complexity index is 864. The highest BCUT2D eigenvalue weighted by molar-refractivity contribution is 5.95. The number of nitrogens with zero attached hydrogens (tertiary/aromatic N) is 3. The smallest absolute Gasteiger partial charge is 0.254 e. The molecule has 2 aliphatic heterocycles. The molecule has 1 amide bonds. The maximum atomic E-state index is 13.3. The van der Waals surface area contributed by atoms with Crippen LogP contribution in [0.2, 0.25) is 0 Å². The molecular formula is C19H21N3O4. The zero-order valence-corrected chi connectivity index (χ0v) is 14.7. The summed E-state index contributed by atoms with van der Waals surface area (Å²) in [5.41, 5.74) is 1.36. The molecule has 5 rings (SSSR count). The number of likely N-dealkylation sites (tertiary alicyclic amines) is 1. The van der Waals surface area contributed by atoms with Crippen LogP contribution in [-0.2, 0) is 23.3 Å². The van der Waals surface area contributed by atoms with E-state index in [4.69, 9.17) is 13.9 Å². The zero-order chi connectivity index (χ0) is 17.7. The highest BCUT2D eigenvalue weighted by Gasteiger charge is 2.61. The van der Waals surface area contributed by atoms with Crippen molar-refractivity contribution in [2.45, 2.75) is 37.8 Å². The number of ether oxygens (including phenoxy) is 2. The third-order valence-electron chi connectivity index (χ3n) is 6.02. The van der Waals surface area contributed by atoms with Crippen LogP contribution >= 0.6 is 0 Å². The molecular weight excluding hydrogens is 334 g/mol. The largest absolute Gasteiger partial charge is 0.493 e. The van der Waals surface area contributed by atoms with Crippen LogP contribution in [0.3, 0.4) is 0 Å². The molecule has 2 fully saturated rings. The van der Waals surface area contributed by atoms with Gasteiger partial charge >= 0.3 is 0 Å². The quantitative estimate of drug-likeness (QED) is 0.837. The minimum absolute atomic E-state index is 0.0355. The van der Waals surface area contributed by atoms with Crippen molar-refractivity contribution >= 4 is 5.91 Å². The predicted molar refractivity (Wildman–Crippen MR) is 90.7 cm³/mol. The van der Waals surface area contributed by atoms with E-state index < -0.39 is 5.54 Å². The van der Waals surface area contributed by atoms with E-state index >= 15 is 0 Å². The van der Waals surface area contributed by atoms with Crippen molar-refractivity contribution in [3.8, 4) is 5.75 Å². The first-order valence-corrected chi connectivity index (χ1v) is 9.12. The molecule has 1 saturated carbocycles. The van der Waals surface area contributed by atoms with Gasteiger partial charge in [-0.15, -0.1) is 10.2 Å². The van der Waals surface area contributed by atoms with Crippen LogP contribution in [0.15, 0.2) is 22.6 Å². The molecule has 0 spiro atoms. The Morgan fingerprint density at radius 3 is 3.12 bits per heavy atom. The fraction of sp³-hybridized carbons (Fsp3) is 0.526. The van der Waals surface area contributed by atoms with E-state index in [2.05, 4.69) is 10.2 Å². The van der Waals surface area contributed by atoms with Crippen LogP contribution < -0.4 is 4.74 Å². The second-order valence-electron chi connectivity index (χ2n) is 7.26. The van der Waals surface area contributed by atoms with E-state index in [1.807, 2.05) is 23.1 Å². The summed E-state index contributed by atoms with van der Waals surface area (Å²) in [6.45, 7) is 1.69. The van der Waals surface area contributed by atoms with Crippen LogP contribution in [0.25, 0.3) is 0 Å². The van der Waals surface area contributed by atoms with E-state index in [1.54, 1.807) is 7.11 Å². The van der Waals surface area contributed by atoms with Crippen LogP contribution in [0.5, 0.6) is 5.75 Å². The lowest BCUT2D eigenvalue weighted by atomic mass is 9.67. The number of rotatable bonds is 4. The summed E-state index contributed by atoms with van der Waals surface area (Å²) in [5.74, 6) is 2.32. The third kappa shape index (κ3) is 2.13. The van der Waals surface area contributed by atoms with Gasteiger partial charge in [0.1, 0.15) is 17.9 Å². The lowest BCUT2D eigenvalue weighted by molar-refractivity contribution is -0.00460. The molecule has 7 heteroatoms. The van der Waals surface area contributed by atoms with Gasteiger partial charge in [-0.2, -0.15) is 0 Å². The van der Waals surface area contributed by atoms with Crippen molar-refractivity contribution in [2.75, 3.05) is 20.3 Å². The van der Waals surface area contributed by atoms with Gasteiger partial charge in [0.2, 0.25) is 11.8 Å². The first-order valence-electron chi connectivity index (χ1n) is 9.12. The van der Waals surface area contributed by atoms with Crippen molar-refractivity contribution in [3.05, 3.63) is 41.1 Å². The molecule has 26 heavy (non-hydrogen) atoms. The van der Waals surface area contributed by atoms with Gasteiger partial charge in [-0.05, 0) is 48.9 Å². The summed E-state index contributed by atoms with van der Waals surface area (Å²) >= 11 is 0. The minimum Gasteiger partial charge on any atom is -0.493 e. The van der Waals surface area contributed by atoms with Gasteiger partial charge < -0.3 is 18.8 Å². The lowest BCUT2D eigenvalue weighted by Gasteiger charge is -2.47. The number of aromatic nitrogens is 2. The van der Waals surface area contributed by atoms with Gasteiger partial charge in [-0.3, -0.25) is 4.79 Å². The molecule has 1 aliphatic carbocycles. The molecule has 0 radical (unpaired) electrons. The molecule has 136 valence electrons. The Balaban J connectivity index is 1.48. The summed E-state index contributed by atoms with van der Waals surface area (Å²) in [6.07, 6.45) is 3.78. The van der Waals surface area contributed by atoms with Crippen LogP contribution in [0.1, 0.15) is 47.0 Å². The first kappa shape index (κ1) is 15.8. The average molecular weight is 355 g/mol. The van der Waals surface area contributed by atoms with Gasteiger partial charge in [0, 0.05) is 25.6 Å². The van der Waals surface area contributed by atoms with Gasteiger partial charge in [-0.25, -0.2) is 0 Å². The maximum absolute atomic E-state index is 13.3. The molecule has 1 aromatic carbocycles. The van der Waals surface area contributed by atoms with Crippen molar-refractivity contribution in [2.24, 2.45) is 5.92 Å². The number of methoxy groups -OCH3 is 1. The van der Waals surface area contributed by atoms with Crippen molar-refractivity contribution < 1.29 is 18.7 Å². The van der Waals surface area contributed by atoms with Gasteiger partial charge in [0.25, 0.3) is 5.91 Å². The SMILES string of the molecule is COCc1nnc([C@]23CC[C@H]2CCN3C(=O)c2ccc3c(c2)CCO3)o1. The van der Waals surface area contributed by atoms with Crippen molar-refractivity contribution in [1.29, 1.82) is 0 Å². The van der Waals surface area contributed by atoms with Crippen LogP contribution in [0.4, 0.5) is 0 Å². The van der Waals surface area contributed by atoms with E-state index in [1.165, 1.54) is 0 Å². The summed E-state index contributed by atoms with van der Waals surface area (Å²) in [6, 6.07) is 5.73. The Morgan fingerprint density at radius 2 is 2.31 bits per heavy atom. The second-order valence-corrected chi connectivity index (χ2v) is 7.26. The summed E-state index contributed by atoms with van der Waals surface area (Å²) < 4.78 is 16.5. The van der Waals surface area contributed by atoms with E-state index in [0.717, 1.165) is 43.5 Å². The van der Waals surface area contributed by atoms with Crippen molar-refractivity contribution in [3.63, 3.8) is 0 Å². The Labute approximate surface area is 151 Å². The average Bonchev–Trinajstić information content (AvgIpc) is 3.33. The lowest BCUT2D eigenvalue weighted by Crippen LogP contribution is -2.54. The Kier molecular flexibility index (Phi) is 3.53. The Morgan fingerprint density at radius 1 is 1.38 bits per heavy atom. The van der Waals surface area contributed by atoms with E-state index in [-0.39, 0.29) is 12.5 Å². The number of fused-ring (bicyclic) bond motifs is 2. The molecule has 1 aromatic heterocycles. The van der Waals surface area contributed by atoms with Gasteiger partial charge in [0.05, 0.1) is 6.61 Å². The number of carbonyl (C=O) groups excluding carboxylic acids is 1. The fourth-order valence-electron chi connectivity index (χ4n) is 4.61. The predicted octanol–water partition coefficient (Wildman–Crippen LogP) is 2.30. The van der Waals surface area contributed by atoms with Gasteiger partial charge in [0.15, 0.2) is 0 Å². The number of benzene rings is 1. The normalized spacial score (nSPS) is 26.2. The van der Waals surface area contributed by atoms with E-state index in [0.29, 0.717) is 29.9 Å². The number of carbonyl (C=O) groups is 1. The number of hydrogen-bond donors (Lipinski definition) is 0. The molecule has 7 nitrogen and oxygen atoms in total. The second kappa shape index (κ2) is 5.81. The summed E-state index contributed by atoms with van der Waals surface area (Å²) in [4.78, 5) is 15.3. The maximum Gasteiger partial charge on any atom is 0.254 e. The fourth-order valence-corrected chi connectivity index (χ4v) is 4.61. The highest BCUT2D eigenvalue weighted by atomic mass is 16.5. The van der Waals surface area contributed by atoms with E-state index in [9.17, 15) is 4.79 Å². The first-order chi connectivity index (χ1) is 12.7. The third-order valence-corrected chi connectivity index (χ3v) is 6.02. The molecule has 3 heterocycles. The molecule has 2 atom stereocenters. The monoisotopic (exact) mass is 355 g/mol. The molecule has 0 N–H and O–H groups in total. The topological polar surface area (TPSA) is 77.7 Å². The standard InChI is InChI=1S/C19H21N3O4/c1-24-11-16-20-21-18(26-16)19-7-4-14(19)5-8-22(19)17(23)13-2-3-15-12(10-13)6-9-25-15/h2-3,10,14H,4-9,11H2,1H3/t14-,19-/m0/s1. The molecule has 3 aliphatic rings. The van der Waals surface area contributed by atoms with Crippen LogP contribution in [0, 0.1) is 5.92 Å². The highest BCUT2D eigenvalue weighted by Crippen LogP contribution is 2.56. The molecule has 0 bridgehead atoms. The Hall–Kier alpha value is -2.41. The zero-order valence-electron chi connectivity index (χ0n) is 14.7. The number of hydrogen-bond acceptors (Lipinski definition) is 6. The van der Waals surface area contributed by atoms with Gasteiger partial charge in [-0.1, -0.05) is 0 Å². The summed E-state index contributed by atoms with van der Waals surface area (Å²) in [5, 5.41) is 8.35.